The molecule has 1 aliphatic heterocycles. The Hall–Kier alpha value is -3.42. The molecule has 8 heteroatoms. The molecule has 164 valence electrons. The van der Waals surface area contributed by atoms with Crippen LogP contribution < -0.4 is 10.6 Å². The zero-order valence-electron chi connectivity index (χ0n) is 17.5. The Morgan fingerprint density at radius 1 is 1.19 bits per heavy atom. The molecular formula is C23H25FN2O5. The molecule has 2 bridgehead atoms. The molecule has 0 spiro atoms. The van der Waals surface area contributed by atoms with Crippen molar-refractivity contribution in [1.29, 1.82) is 0 Å². The molecule has 2 aromatic rings. The molecule has 1 aliphatic rings. The van der Waals surface area contributed by atoms with Crippen LogP contribution in [0, 0.1) is 5.82 Å². The zero-order chi connectivity index (χ0) is 22.4. The second-order valence-corrected chi connectivity index (χ2v) is 7.25. The third-order valence-electron chi connectivity index (χ3n) is 5.08. The van der Waals surface area contributed by atoms with Crippen molar-refractivity contribution in [3.8, 4) is 11.1 Å². The van der Waals surface area contributed by atoms with Crippen molar-refractivity contribution < 1.29 is 28.2 Å². The fourth-order valence-electron chi connectivity index (χ4n) is 3.63. The molecule has 0 aromatic heterocycles. The maximum atomic E-state index is 14.6. The number of halogens is 1. The highest BCUT2D eigenvalue weighted by atomic mass is 19.1. The molecule has 1 heterocycles. The van der Waals surface area contributed by atoms with Crippen molar-refractivity contribution in [2.24, 2.45) is 0 Å². The number of rotatable bonds is 3. The molecule has 1 unspecified atom stereocenters. The average Bonchev–Trinajstić information content (AvgIpc) is 2.72. The molecule has 2 N–H and O–H groups in total. The Balaban J connectivity index is 2.11. The summed E-state index contributed by atoms with van der Waals surface area (Å²) < 4.78 is 24.4. The Labute approximate surface area is 179 Å². The van der Waals surface area contributed by atoms with Gasteiger partial charge < -0.3 is 14.8 Å². The zero-order valence-corrected chi connectivity index (χ0v) is 17.5. The second-order valence-electron chi connectivity index (χ2n) is 7.25. The first-order valence-electron chi connectivity index (χ1n) is 10.2. The van der Waals surface area contributed by atoms with Crippen LogP contribution in [0.1, 0.15) is 44.1 Å². The number of nitrogens with one attached hydrogen (secondary N) is 2. The predicted molar refractivity (Wildman–Crippen MR) is 114 cm³/mol. The lowest BCUT2D eigenvalue weighted by Gasteiger charge is -2.20. The van der Waals surface area contributed by atoms with Crippen LogP contribution in [0.25, 0.3) is 11.1 Å². The predicted octanol–water partition coefficient (Wildman–Crippen LogP) is 4.83. The van der Waals surface area contributed by atoms with Crippen molar-refractivity contribution in [3.63, 3.8) is 0 Å². The Morgan fingerprint density at radius 3 is 2.74 bits per heavy atom. The lowest BCUT2D eigenvalue weighted by molar-refractivity contribution is -0.145. The molecule has 2 amide bonds. The van der Waals surface area contributed by atoms with Gasteiger partial charge in [0.1, 0.15) is 5.82 Å². The first-order chi connectivity index (χ1) is 14.9. The Kier molecular flexibility index (Phi) is 7.23. The first-order valence-corrected chi connectivity index (χ1v) is 10.2. The molecular weight excluding hydrogens is 403 g/mol. The quantitative estimate of drug-likeness (QED) is 0.683. The number of carbonyl (C=O) groups is 3. The van der Waals surface area contributed by atoms with E-state index in [1.54, 1.807) is 31.2 Å². The fraction of sp³-hybridized carbons (Fsp3) is 0.348. The van der Waals surface area contributed by atoms with Gasteiger partial charge in [-0.25, -0.2) is 9.18 Å². The van der Waals surface area contributed by atoms with E-state index in [9.17, 15) is 18.8 Å². The summed E-state index contributed by atoms with van der Waals surface area (Å²) in [5.41, 5.74) is 2.43. The van der Waals surface area contributed by atoms with E-state index in [0.29, 0.717) is 47.3 Å². The number of carbonyl (C=O) groups excluding carboxylic acids is 3. The summed E-state index contributed by atoms with van der Waals surface area (Å²) in [7, 11) is 1.25. The number of esters is 1. The summed E-state index contributed by atoms with van der Waals surface area (Å²) in [6, 6.07) is 9.32. The summed E-state index contributed by atoms with van der Waals surface area (Å²) in [5, 5.41) is 5.40. The number of methoxy groups -OCH3 is 1. The Bertz CT molecular complexity index is 992. The third kappa shape index (κ3) is 5.59. The van der Waals surface area contributed by atoms with E-state index in [4.69, 9.17) is 4.74 Å². The number of anilines is 2. The number of amides is 2. The monoisotopic (exact) mass is 428 g/mol. The van der Waals surface area contributed by atoms with Gasteiger partial charge in [0.05, 0.1) is 25.3 Å². The van der Waals surface area contributed by atoms with Crippen molar-refractivity contribution in [1.82, 2.24) is 0 Å². The average molecular weight is 428 g/mol. The van der Waals surface area contributed by atoms with Gasteiger partial charge in [0.15, 0.2) is 0 Å². The number of hydrogen-bond donors (Lipinski definition) is 2. The molecule has 0 saturated carbocycles. The van der Waals surface area contributed by atoms with Crippen LogP contribution in [-0.2, 0) is 19.1 Å². The first kappa shape index (κ1) is 22.3. The minimum atomic E-state index is -0.648. The van der Waals surface area contributed by atoms with E-state index in [1.165, 1.54) is 19.2 Å². The van der Waals surface area contributed by atoms with Gasteiger partial charge in [-0.3, -0.25) is 14.9 Å². The number of fused-ring (bicyclic) bond motifs is 4. The highest BCUT2D eigenvalue weighted by Crippen LogP contribution is 2.35. The molecule has 1 atom stereocenters. The minimum absolute atomic E-state index is 0.207. The summed E-state index contributed by atoms with van der Waals surface area (Å²) in [4.78, 5) is 36.6. The van der Waals surface area contributed by atoms with E-state index in [1.807, 2.05) is 0 Å². The van der Waals surface area contributed by atoms with Crippen molar-refractivity contribution in [2.45, 2.75) is 38.5 Å². The summed E-state index contributed by atoms with van der Waals surface area (Å²) in [6.07, 6.45) is 1.26. The number of benzene rings is 2. The van der Waals surface area contributed by atoms with E-state index < -0.39 is 23.8 Å². The summed E-state index contributed by atoms with van der Waals surface area (Å²) in [5.74, 6) is -1.71. The van der Waals surface area contributed by atoms with Crippen LogP contribution in [0.4, 0.5) is 20.6 Å². The maximum absolute atomic E-state index is 14.6. The Morgan fingerprint density at radius 2 is 2.00 bits per heavy atom. The van der Waals surface area contributed by atoms with E-state index in [0.717, 1.165) is 0 Å². The van der Waals surface area contributed by atoms with Crippen LogP contribution in [0.5, 0.6) is 0 Å². The topological polar surface area (TPSA) is 93.7 Å². The van der Waals surface area contributed by atoms with Gasteiger partial charge in [0.25, 0.3) is 0 Å². The maximum Gasteiger partial charge on any atom is 0.411 e. The summed E-state index contributed by atoms with van der Waals surface area (Å²) in [6.45, 7) is 1.96. The molecule has 0 aliphatic carbocycles. The van der Waals surface area contributed by atoms with E-state index >= 15 is 0 Å². The SMILES string of the molecule is CCOC(=O)C1CCCCC(=O)Nc2cc(NC(=O)OC)ccc2-c2cc(F)cc1c2. The summed E-state index contributed by atoms with van der Waals surface area (Å²) >= 11 is 0. The van der Waals surface area contributed by atoms with Gasteiger partial charge in [0, 0.05) is 17.7 Å². The van der Waals surface area contributed by atoms with Gasteiger partial charge >= 0.3 is 12.1 Å². The van der Waals surface area contributed by atoms with E-state index in [2.05, 4.69) is 15.4 Å². The van der Waals surface area contributed by atoms with Gasteiger partial charge in [-0.05, 0) is 55.2 Å². The molecule has 0 fully saturated rings. The minimum Gasteiger partial charge on any atom is -0.466 e. The standard InChI is InChI=1S/C23H25FN2O5/c1-3-31-22(28)19-6-4-5-7-21(27)26-20-13-17(25-23(29)30-2)8-9-18(20)14-10-15(19)12-16(24)11-14/h8-13,19H,3-7H2,1-2H3,(H,25,29)(H,26,27). The molecule has 31 heavy (non-hydrogen) atoms. The highest BCUT2D eigenvalue weighted by molar-refractivity contribution is 5.97. The van der Waals surface area contributed by atoms with Crippen LogP contribution in [0.3, 0.4) is 0 Å². The largest absolute Gasteiger partial charge is 0.466 e. The number of hydrogen-bond acceptors (Lipinski definition) is 5. The fourth-order valence-corrected chi connectivity index (χ4v) is 3.63. The molecule has 0 saturated heterocycles. The van der Waals surface area contributed by atoms with Crippen LogP contribution in [0.2, 0.25) is 0 Å². The molecule has 0 radical (unpaired) electrons. The molecule has 2 aromatic carbocycles. The molecule has 3 rings (SSSR count). The molecule has 7 nitrogen and oxygen atoms in total. The van der Waals surface area contributed by atoms with Crippen LogP contribution >= 0.6 is 0 Å². The van der Waals surface area contributed by atoms with Crippen molar-refractivity contribution >= 4 is 29.3 Å². The van der Waals surface area contributed by atoms with Crippen molar-refractivity contribution in [2.75, 3.05) is 24.4 Å². The normalized spacial score (nSPS) is 16.1. The lowest BCUT2D eigenvalue weighted by atomic mass is 9.89. The van der Waals surface area contributed by atoms with Gasteiger partial charge in [-0.2, -0.15) is 0 Å². The second kappa shape index (κ2) is 10.1. The van der Waals surface area contributed by atoms with Crippen LogP contribution in [0.15, 0.2) is 36.4 Å². The number of ether oxygens (including phenoxy) is 2. The van der Waals surface area contributed by atoms with E-state index in [-0.39, 0.29) is 18.9 Å². The third-order valence-corrected chi connectivity index (χ3v) is 5.08. The van der Waals surface area contributed by atoms with Gasteiger partial charge in [0.2, 0.25) is 5.91 Å². The van der Waals surface area contributed by atoms with Gasteiger partial charge in [-0.15, -0.1) is 0 Å². The highest BCUT2D eigenvalue weighted by Gasteiger charge is 2.24. The van der Waals surface area contributed by atoms with Crippen molar-refractivity contribution in [3.05, 3.63) is 47.8 Å². The lowest BCUT2D eigenvalue weighted by Crippen LogP contribution is -2.18. The van der Waals surface area contributed by atoms with Gasteiger partial charge in [-0.1, -0.05) is 18.6 Å². The van der Waals surface area contributed by atoms with Crippen LogP contribution in [-0.4, -0.2) is 31.7 Å². The smallest absolute Gasteiger partial charge is 0.411 e.